The van der Waals surface area contributed by atoms with Gasteiger partial charge in [-0.05, 0) is 20.8 Å². The summed E-state index contributed by atoms with van der Waals surface area (Å²) in [5.41, 5.74) is 5.36. The van der Waals surface area contributed by atoms with Crippen molar-refractivity contribution in [2.24, 2.45) is 5.73 Å². The van der Waals surface area contributed by atoms with Crippen LogP contribution in [0.25, 0.3) is 0 Å². The molecule has 0 aromatic heterocycles. The quantitative estimate of drug-likeness (QED) is 0.232. The fraction of sp³-hybridized carbons (Fsp3) is 0.667. The van der Waals surface area contributed by atoms with E-state index in [1.807, 2.05) is 0 Å². The number of carbonyl (C=O) groups excluding carboxylic acids is 3. The number of amides is 3. The predicted octanol–water partition coefficient (Wildman–Crippen LogP) is -2.48. The van der Waals surface area contributed by atoms with Gasteiger partial charge in [0.05, 0.1) is 6.04 Å². The molecule has 10 nitrogen and oxygen atoms in total. The predicted molar refractivity (Wildman–Crippen MR) is 75.5 cm³/mol. The van der Waals surface area contributed by atoms with Crippen LogP contribution in [-0.4, -0.2) is 60.3 Å². The van der Waals surface area contributed by atoms with Gasteiger partial charge in [0.2, 0.25) is 17.7 Å². The van der Waals surface area contributed by atoms with Gasteiger partial charge in [-0.15, -0.1) is 0 Å². The third-order valence-corrected chi connectivity index (χ3v) is 2.49. The monoisotopic (exact) mass is 318 g/mol. The first-order valence-electron chi connectivity index (χ1n) is 6.58. The Morgan fingerprint density at radius 1 is 1.00 bits per heavy atom. The fourth-order valence-electron chi connectivity index (χ4n) is 1.23. The number of carboxylic acids is 1. The SMILES string of the molecule is C[C@H](N)C(=O)N[C@@H](C)C(=O)N[C@@H](C)C(=O)NCOCC(=O)O. The molecule has 3 atom stereocenters. The summed E-state index contributed by atoms with van der Waals surface area (Å²) in [6.07, 6.45) is 0. The van der Waals surface area contributed by atoms with Gasteiger partial charge in [-0.2, -0.15) is 0 Å². The molecule has 0 aliphatic rings. The summed E-state index contributed by atoms with van der Waals surface area (Å²) < 4.78 is 4.63. The molecule has 126 valence electrons. The van der Waals surface area contributed by atoms with E-state index in [-0.39, 0.29) is 6.73 Å². The summed E-state index contributed by atoms with van der Waals surface area (Å²) in [7, 11) is 0. The maximum absolute atomic E-state index is 11.8. The first-order valence-corrected chi connectivity index (χ1v) is 6.58. The summed E-state index contributed by atoms with van der Waals surface area (Å²) in [6.45, 7) is 3.54. The smallest absolute Gasteiger partial charge is 0.329 e. The van der Waals surface area contributed by atoms with Gasteiger partial charge in [0.15, 0.2) is 0 Å². The van der Waals surface area contributed by atoms with Crippen LogP contribution in [0, 0.1) is 0 Å². The van der Waals surface area contributed by atoms with Crippen LogP contribution in [0.3, 0.4) is 0 Å². The molecule has 0 radical (unpaired) electrons. The van der Waals surface area contributed by atoms with E-state index >= 15 is 0 Å². The molecule has 0 saturated heterocycles. The molecular weight excluding hydrogens is 296 g/mol. The van der Waals surface area contributed by atoms with Crippen molar-refractivity contribution in [1.82, 2.24) is 16.0 Å². The van der Waals surface area contributed by atoms with Gasteiger partial charge in [-0.1, -0.05) is 0 Å². The standard InChI is InChI=1S/C12H22N4O6/c1-6(13)10(19)15-8(3)12(21)16-7(2)11(20)14-5-22-4-9(17)18/h6-8H,4-5,13H2,1-3H3,(H,14,20)(H,15,19)(H,16,21)(H,17,18)/t6-,7-,8-/m0/s1. The second-order valence-corrected chi connectivity index (χ2v) is 4.68. The van der Waals surface area contributed by atoms with Crippen LogP contribution in [0.4, 0.5) is 0 Å². The topological polar surface area (TPSA) is 160 Å². The van der Waals surface area contributed by atoms with E-state index in [1.165, 1.54) is 20.8 Å². The minimum absolute atomic E-state index is 0.289. The number of nitrogens with two attached hydrogens (primary N) is 1. The van der Waals surface area contributed by atoms with Crippen molar-refractivity contribution in [2.45, 2.75) is 38.9 Å². The lowest BCUT2D eigenvalue weighted by molar-refractivity contribution is -0.143. The molecule has 0 aromatic carbocycles. The van der Waals surface area contributed by atoms with Crippen molar-refractivity contribution in [2.75, 3.05) is 13.3 Å². The number of carbonyl (C=O) groups is 4. The van der Waals surface area contributed by atoms with Crippen molar-refractivity contribution in [1.29, 1.82) is 0 Å². The lowest BCUT2D eigenvalue weighted by Crippen LogP contribution is -2.53. The third-order valence-electron chi connectivity index (χ3n) is 2.49. The molecule has 0 heterocycles. The molecule has 0 fully saturated rings. The third kappa shape index (κ3) is 8.17. The van der Waals surface area contributed by atoms with Crippen LogP contribution in [0.2, 0.25) is 0 Å². The summed E-state index contributed by atoms with van der Waals surface area (Å²) in [5.74, 6) is -2.75. The first kappa shape index (κ1) is 19.8. The molecule has 0 aromatic rings. The van der Waals surface area contributed by atoms with Crippen molar-refractivity contribution < 1.29 is 29.0 Å². The van der Waals surface area contributed by atoms with E-state index in [9.17, 15) is 19.2 Å². The second-order valence-electron chi connectivity index (χ2n) is 4.68. The molecule has 10 heteroatoms. The number of hydrogen-bond acceptors (Lipinski definition) is 6. The zero-order valence-corrected chi connectivity index (χ0v) is 12.7. The molecule has 0 aliphatic carbocycles. The summed E-state index contributed by atoms with van der Waals surface area (Å²) in [5, 5.41) is 15.4. The van der Waals surface area contributed by atoms with Crippen LogP contribution in [0.1, 0.15) is 20.8 Å². The highest BCUT2D eigenvalue weighted by molar-refractivity contribution is 5.92. The fourth-order valence-corrected chi connectivity index (χ4v) is 1.23. The summed E-state index contributed by atoms with van der Waals surface area (Å²) in [4.78, 5) is 44.9. The number of nitrogens with one attached hydrogen (secondary N) is 3. The summed E-state index contributed by atoms with van der Waals surface area (Å²) in [6, 6.07) is -2.48. The number of rotatable bonds is 9. The molecule has 22 heavy (non-hydrogen) atoms. The Bertz CT molecular complexity index is 426. The minimum atomic E-state index is -1.16. The molecule has 0 saturated carbocycles. The zero-order chi connectivity index (χ0) is 17.3. The number of carboxylic acid groups (broad SMARTS) is 1. The second kappa shape index (κ2) is 9.68. The van der Waals surface area contributed by atoms with Gasteiger partial charge in [0.25, 0.3) is 0 Å². The highest BCUT2D eigenvalue weighted by Gasteiger charge is 2.21. The van der Waals surface area contributed by atoms with E-state index in [0.717, 1.165) is 0 Å². The highest BCUT2D eigenvalue weighted by Crippen LogP contribution is 1.89. The molecule has 0 spiro atoms. The van der Waals surface area contributed by atoms with E-state index < -0.39 is 48.4 Å². The summed E-state index contributed by atoms with van der Waals surface area (Å²) >= 11 is 0. The molecular formula is C12H22N4O6. The van der Waals surface area contributed by atoms with Gasteiger partial charge in [-0.25, -0.2) is 4.79 Å². The Hall–Kier alpha value is -2.20. The Kier molecular flexibility index (Phi) is 8.72. The average molecular weight is 318 g/mol. The van der Waals surface area contributed by atoms with Crippen LogP contribution >= 0.6 is 0 Å². The van der Waals surface area contributed by atoms with E-state index in [1.54, 1.807) is 0 Å². The van der Waals surface area contributed by atoms with Gasteiger partial charge in [0, 0.05) is 0 Å². The molecule has 0 bridgehead atoms. The van der Waals surface area contributed by atoms with Crippen molar-refractivity contribution >= 4 is 23.7 Å². The van der Waals surface area contributed by atoms with Crippen LogP contribution in [-0.2, 0) is 23.9 Å². The highest BCUT2D eigenvalue weighted by atomic mass is 16.5. The Labute approximate surface area is 127 Å². The van der Waals surface area contributed by atoms with Crippen molar-refractivity contribution in [3.8, 4) is 0 Å². The number of aliphatic carboxylic acids is 1. The van der Waals surface area contributed by atoms with Gasteiger partial charge < -0.3 is 31.5 Å². The maximum atomic E-state index is 11.8. The average Bonchev–Trinajstić information content (AvgIpc) is 2.42. The lowest BCUT2D eigenvalue weighted by atomic mass is 10.2. The van der Waals surface area contributed by atoms with Gasteiger partial charge in [-0.3, -0.25) is 14.4 Å². The molecule has 0 aliphatic heterocycles. The molecule has 0 rings (SSSR count). The largest absolute Gasteiger partial charge is 0.480 e. The zero-order valence-electron chi connectivity index (χ0n) is 12.7. The van der Waals surface area contributed by atoms with Gasteiger partial charge in [0.1, 0.15) is 25.4 Å². The van der Waals surface area contributed by atoms with Crippen LogP contribution < -0.4 is 21.7 Å². The van der Waals surface area contributed by atoms with E-state index in [4.69, 9.17) is 10.8 Å². The Balaban J connectivity index is 4.14. The van der Waals surface area contributed by atoms with Crippen molar-refractivity contribution in [3.05, 3.63) is 0 Å². The van der Waals surface area contributed by atoms with E-state index in [0.29, 0.717) is 0 Å². The minimum Gasteiger partial charge on any atom is -0.480 e. The Morgan fingerprint density at radius 2 is 1.50 bits per heavy atom. The van der Waals surface area contributed by atoms with Crippen molar-refractivity contribution in [3.63, 3.8) is 0 Å². The van der Waals surface area contributed by atoms with E-state index in [2.05, 4.69) is 20.7 Å². The lowest BCUT2D eigenvalue weighted by Gasteiger charge is -2.19. The van der Waals surface area contributed by atoms with Crippen LogP contribution in [0.15, 0.2) is 0 Å². The van der Waals surface area contributed by atoms with Gasteiger partial charge >= 0.3 is 5.97 Å². The number of ether oxygens (including phenoxy) is 1. The Morgan fingerprint density at radius 3 is 2.00 bits per heavy atom. The molecule has 6 N–H and O–H groups in total. The first-order chi connectivity index (χ1) is 10.1. The molecule has 3 amide bonds. The normalized spacial score (nSPS) is 14.4. The number of hydrogen-bond donors (Lipinski definition) is 5. The molecule has 0 unspecified atom stereocenters. The van der Waals surface area contributed by atoms with Crippen LogP contribution in [0.5, 0.6) is 0 Å². The maximum Gasteiger partial charge on any atom is 0.329 e.